The molecule has 0 saturated heterocycles. The lowest BCUT2D eigenvalue weighted by Gasteiger charge is -2.08. The molecule has 0 atom stereocenters. The van der Waals surface area contributed by atoms with Crippen LogP contribution in [-0.4, -0.2) is 6.54 Å². The smallest absolute Gasteiger partial charge is 0.150 e. The Morgan fingerprint density at radius 2 is 2.07 bits per heavy atom. The molecule has 0 heterocycles. The molecule has 0 aliphatic heterocycles. The second-order valence-electron chi connectivity index (χ2n) is 2.62. The number of hydrogen-bond donors (Lipinski definition) is 1. The van der Waals surface area contributed by atoms with Gasteiger partial charge in [-0.2, -0.15) is 0 Å². The average Bonchev–Trinajstić information content (AvgIpc) is 2.01. The molecule has 0 spiro atoms. The second kappa shape index (κ2) is 4.89. The van der Waals surface area contributed by atoms with Crippen LogP contribution >= 0.6 is 31.9 Å². The molecule has 0 aromatic heterocycles. The highest BCUT2D eigenvalue weighted by molar-refractivity contribution is 9.11. The van der Waals surface area contributed by atoms with Crippen LogP contribution in [0.15, 0.2) is 27.7 Å². The Labute approximate surface area is 97.5 Å². The van der Waals surface area contributed by atoms with Crippen LogP contribution in [0.1, 0.15) is 0 Å². The topological polar surface area (TPSA) is 12.0 Å². The van der Waals surface area contributed by atoms with Crippen molar-refractivity contribution in [3.63, 3.8) is 0 Å². The summed E-state index contributed by atoms with van der Waals surface area (Å²) in [5.74, 6) is -1.25. The summed E-state index contributed by atoms with van der Waals surface area (Å²) < 4.78 is 26.9. The van der Waals surface area contributed by atoms with Crippen LogP contribution < -0.4 is 5.32 Å². The van der Waals surface area contributed by atoms with Gasteiger partial charge in [0.2, 0.25) is 0 Å². The van der Waals surface area contributed by atoms with Gasteiger partial charge in [-0.1, -0.05) is 22.5 Å². The molecule has 1 N–H and O–H groups in total. The molecule has 14 heavy (non-hydrogen) atoms. The number of anilines is 1. The van der Waals surface area contributed by atoms with Crippen molar-refractivity contribution in [3.05, 3.63) is 39.3 Å². The van der Waals surface area contributed by atoms with Gasteiger partial charge in [-0.15, -0.1) is 0 Å². The molecule has 0 saturated carbocycles. The van der Waals surface area contributed by atoms with Crippen LogP contribution in [0.5, 0.6) is 0 Å². The van der Waals surface area contributed by atoms with E-state index in [0.717, 1.165) is 6.07 Å². The number of halogens is 4. The maximum atomic E-state index is 13.2. The number of nitrogens with one attached hydrogen (secondary N) is 1. The summed E-state index contributed by atoms with van der Waals surface area (Å²) in [6.45, 7) is 3.97. The molecule has 1 rings (SSSR count). The van der Waals surface area contributed by atoms with E-state index < -0.39 is 11.6 Å². The fraction of sp³-hybridized carbons (Fsp3) is 0.111. The third-order valence-corrected chi connectivity index (χ3v) is 2.37. The molecule has 0 aliphatic rings. The first kappa shape index (κ1) is 11.7. The fourth-order valence-electron chi connectivity index (χ4n) is 0.895. The molecule has 5 heteroatoms. The summed E-state index contributed by atoms with van der Waals surface area (Å²) in [5.41, 5.74) is 0.229. The lowest BCUT2D eigenvalue weighted by Crippen LogP contribution is -2.04. The summed E-state index contributed by atoms with van der Waals surface area (Å²) in [4.78, 5) is 0. The molecular weight excluding hydrogens is 320 g/mol. The minimum Gasteiger partial charge on any atom is -0.377 e. The minimum atomic E-state index is -0.634. The SMILES string of the molecule is C=C(Br)CNc1c(F)cc(F)cc1Br. The molecule has 0 radical (unpaired) electrons. The molecule has 0 amide bonds. The molecule has 76 valence electrons. The second-order valence-corrected chi connectivity index (χ2v) is 4.59. The minimum absolute atomic E-state index is 0.229. The number of hydrogen-bond acceptors (Lipinski definition) is 1. The van der Waals surface area contributed by atoms with Gasteiger partial charge < -0.3 is 5.32 Å². The van der Waals surface area contributed by atoms with Gasteiger partial charge in [0, 0.05) is 21.6 Å². The Kier molecular flexibility index (Phi) is 4.07. The van der Waals surface area contributed by atoms with Gasteiger partial charge in [0.05, 0.1) is 5.69 Å². The van der Waals surface area contributed by atoms with Gasteiger partial charge in [0.25, 0.3) is 0 Å². The highest BCUT2D eigenvalue weighted by atomic mass is 79.9. The summed E-state index contributed by atoms with van der Waals surface area (Å²) >= 11 is 6.19. The van der Waals surface area contributed by atoms with Crippen molar-refractivity contribution >= 4 is 37.5 Å². The number of rotatable bonds is 3. The first-order chi connectivity index (χ1) is 6.50. The zero-order valence-corrected chi connectivity index (χ0v) is 10.3. The van der Waals surface area contributed by atoms with Crippen molar-refractivity contribution in [2.24, 2.45) is 0 Å². The van der Waals surface area contributed by atoms with Crippen molar-refractivity contribution in [1.29, 1.82) is 0 Å². The van der Waals surface area contributed by atoms with Crippen LogP contribution in [0.3, 0.4) is 0 Å². The summed E-state index contributed by atoms with van der Waals surface area (Å²) in [6, 6.07) is 2.02. The zero-order valence-electron chi connectivity index (χ0n) is 7.08. The maximum Gasteiger partial charge on any atom is 0.150 e. The molecule has 0 aliphatic carbocycles. The number of benzene rings is 1. The van der Waals surface area contributed by atoms with E-state index in [1.165, 1.54) is 6.07 Å². The van der Waals surface area contributed by atoms with Crippen molar-refractivity contribution < 1.29 is 8.78 Å². The Bertz CT molecular complexity index is 343. The Hall–Kier alpha value is -0.420. The van der Waals surface area contributed by atoms with Gasteiger partial charge in [-0.25, -0.2) is 8.78 Å². The average molecular weight is 327 g/mol. The predicted molar refractivity (Wildman–Crippen MR) is 60.6 cm³/mol. The largest absolute Gasteiger partial charge is 0.377 e. The van der Waals surface area contributed by atoms with E-state index in [0.29, 0.717) is 15.5 Å². The van der Waals surface area contributed by atoms with E-state index in [9.17, 15) is 8.78 Å². The van der Waals surface area contributed by atoms with Gasteiger partial charge in [-0.3, -0.25) is 0 Å². The van der Waals surface area contributed by atoms with Crippen LogP contribution in [0.25, 0.3) is 0 Å². The van der Waals surface area contributed by atoms with E-state index in [2.05, 4.69) is 43.8 Å². The molecule has 0 bridgehead atoms. The molecule has 1 aromatic rings. The standard InChI is InChI=1S/C9H7Br2F2N/c1-5(10)4-14-9-7(11)2-6(12)3-8(9)13/h2-3,14H,1,4H2. The van der Waals surface area contributed by atoms with Gasteiger partial charge in [0.1, 0.15) is 11.6 Å². The first-order valence-corrected chi connectivity index (χ1v) is 5.31. The predicted octanol–water partition coefficient (Wildman–Crippen LogP) is 4.05. The lowest BCUT2D eigenvalue weighted by atomic mass is 10.3. The van der Waals surface area contributed by atoms with E-state index in [-0.39, 0.29) is 5.69 Å². The summed E-state index contributed by atoms with van der Waals surface area (Å²) in [7, 11) is 0. The van der Waals surface area contributed by atoms with Crippen molar-refractivity contribution in [1.82, 2.24) is 0 Å². The van der Waals surface area contributed by atoms with E-state index in [4.69, 9.17) is 0 Å². The molecule has 1 aromatic carbocycles. The Balaban J connectivity index is 2.91. The quantitative estimate of drug-likeness (QED) is 0.883. The molecule has 1 nitrogen and oxygen atoms in total. The van der Waals surface area contributed by atoms with Gasteiger partial charge >= 0.3 is 0 Å². The third-order valence-electron chi connectivity index (χ3n) is 1.46. The third kappa shape index (κ3) is 3.06. The molecular formula is C9H7Br2F2N. The first-order valence-electron chi connectivity index (χ1n) is 3.72. The van der Waals surface area contributed by atoms with E-state index in [1.54, 1.807) is 0 Å². The summed E-state index contributed by atoms with van der Waals surface area (Å²) in [6.07, 6.45) is 0. The van der Waals surface area contributed by atoms with Crippen LogP contribution in [0.2, 0.25) is 0 Å². The van der Waals surface area contributed by atoms with Crippen LogP contribution in [0.4, 0.5) is 14.5 Å². The monoisotopic (exact) mass is 325 g/mol. The summed E-state index contributed by atoms with van der Waals surface area (Å²) in [5, 5.41) is 2.77. The Morgan fingerprint density at radius 1 is 1.43 bits per heavy atom. The van der Waals surface area contributed by atoms with Crippen LogP contribution in [0, 0.1) is 11.6 Å². The zero-order chi connectivity index (χ0) is 10.7. The normalized spacial score (nSPS) is 10.0. The molecule has 0 fully saturated rings. The maximum absolute atomic E-state index is 13.2. The van der Waals surface area contributed by atoms with Crippen molar-refractivity contribution in [2.45, 2.75) is 0 Å². The Morgan fingerprint density at radius 3 is 2.57 bits per heavy atom. The van der Waals surface area contributed by atoms with Crippen molar-refractivity contribution in [2.75, 3.05) is 11.9 Å². The van der Waals surface area contributed by atoms with E-state index in [1.807, 2.05) is 0 Å². The van der Waals surface area contributed by atoms with Gasteiger partial charge in [0.15, 0.2) is 0 Å². The highest BCUT2D eigenvalue weighted by Gasteiger charge is 2.08. The van der Waals surface area contributed by atoms with Crippen molar-refractivity contribution in [3.8, 4) is 0 Å². The van der Waals surface area contributed by atoms with Crippen LogP contribution in [-0.2, 0) is 0 Å². The molecule has 0 unspecified atom stereocenters. The lowest BCUT2D eigenvalue weighted by molar-refractivity contribution is 0.584. The van der Waals surface area contributed by atoms with Gasteiger partial charge in [-0.05, 0) is 22.0 Å². The van der Waals surface area contributed by atoms with E-state index >= 15 is 0 Å². The highest BCUT2D eigenvalue weighted by Crippen LogP contribution is 2.27. The fourth-order valence-corrected chi connectivity index (χ4v) is 1.58.